The van der Waals surface area contributed by atoms with Gasteiger partial charge in [-0.2, -0.15) is 0 Å². The number of anilines is 1. The van der Waals surface area contributed by atoms with E-state index in [9.17, 15) is 9.90 Å². The van der Waals surface area contributed by atoms with Crippen LogP contribution in [0.2, 0.25) is 0 Å². The van der Waals surface area contributed by atoms with Crippen molar-refractivity contribution >= 4 is 11.7 Å². The first-order valence-electron chi connectivity index (χ1n) is 7.10. The summed E-state index contributed by atoms with van der Waals surface area (Å²) < 4.78 is 11.3. The van der Waals surface area contributed by atoms with E-state index in [2.05, 4.69) is 4.98 Å². The highest BCUT2D eigenvalue weighted by Gasteiger charge is 2.48. The third-order valence-electron chi connectivity index (χ3n) is 3.97. The van der Waals surface area contributed by atoms with E-state index in [4.69, 9.17) is 15.2 Å². The first-order valence-corrected chi connectivity index (χ1v) is 7.10. The second-order valence-electron chi connectivity index (χ2n) is 5.59. The number of carbonyl (C=O) groups is 1. The molecule has 0 aromatic carbocycles. The molecule has 6 nitrogen and oxygen atoms in total. The highest BCUT2D eigenvalue weighted by atomic mass is 16.6. The summed E-state index contributed by atoms with van der Waals surface area (Å²) in [6.07, 6.45) is 2.77. The number of aromatic nitrogens is 1. The molecule has 116 valence electrons. The summed E-state index contributed by atoms with van der Waals surface area (Å²) in [5, 5.41) is 10.6. The van der Waals surface area contributed by atoms with Crippen molar-refractivity contribution in [3.8, 4) is 0 Å². The van der Waals surface area contributed by atoms with Crippen LogP contribution >= 0.6 is 0 Å². The number of nitrogens with zero attached hydrogens (tertiary/aromatic N) is 1. The first kappa shape index (κ1) is 15.7. The predicted molar refractivity (Wildman–Crippen MR) is 77.3 cm³/mol. The number of rotatable bonds is 3. The minimum Gasteiger partial charge on any atom is -0.459 e. The number of hydrogen-bond donors (Lipinski definition) is 2. The summed E-state index contributed by atoms with van der Waals surface area (Å²) in [6, 6.07) is 1.79. The molecule has 0 aliphatic carbocycles. The molecule has 1 aromatic heterocycles. The summed E-state index contributed by atoms with van der Waals surface area (Å²) in [5.74, 6) is -0.418. The molecule has 2 heterocycles. The molecular formula is C15H22N2O4. The van der Waals surface area contributed by atoms with Gasteiger partial charge in [-0.05, 0) is 19.4 Å². The van der Waals surface area contributed by atoms with Gasteiger partial charge in [-0.25, -0.2) is 0 Å². The molecular weight excluding hydrogens is 272 g/mol. The summed E-state index contributed by atoms with van der Waals surface area (Å²) >= 11 is 0. The van der Waals surface area contributed by atoms with Gasteiger partial charge in [0.05, 0.1) is 24.1 Å². The Morgan fingerprint density at radius 1 is 1.67 bits per heavy atom. The molecule has 1 aliphatic rings. The number of esters is 1. The van der Waals surface area contributed by atoms with Gasteiger partial charge in [0, 0.05) is 25.1 Å². The SMILES string of the molecule is CC[C@H]1O[C@@H](c2ccncc2N)C[C@@H](OC(C)=O)[C@@]1(C)O. The second kappa shape index (κ2) is 5.99. The summed E-state index contributed by atoms with van der Waals surface area (Å²) in [4.78, 5) is 15.3. The van der Waals surface area contributed by atoms with Gasteiger partial charge < -0.3 is 20.3 Å². The average molecular weight is 294 g/mol. The van der Waals surface area contributed by atoms with E-state index >= 15 is 0 Å². The molecule has 21 heavy (non-hydrogen) atoms. The molecule has 2 rings (SSSR count). The van der Waals surface area contributed by atoms with Crippen molar-refractivity contribution in [1.29, 1.82) is 0 Å². The lowest BCUT2D eigenvalue weighted by Gasteiger charge is -2.45. The van der Waals surface area contributed by atoms with Crippen LogP contribution in [0.4, 0.5) is 5.69 Å². The molecule has 0 unspecified atom stereocenters. The summed E-state index contributed by atoms with van der Waals surface area (Å²) in [7, 11) is 0. The number of ether oxygens (including phenoxy) is 2. The molecule has 0 spiro atoms. The number of hydrogen-bond acceptors (Lipinski definition) is 6. The maximum atomic E-state index is 11.3. The van der Waals surface area contributed by atoms with Crippen molar-refractivity contribution in [2.75, 3.05) is 5.73 Å². The Hall–Kier alpha value is -1.66. The lowest BCUT2D eigenvalue weighted by molar-refractivity contribution is -0.232. The van der Waals surface area contributed by atoms with E-state index in [1.807, 2.05) is 6.92 Å². The third kappa shape index (κ3) is 3.16. The summed E-state index contributed by atoms with van der Waals surface area (Å²) in [6.45, 7) is 4.89. The van der Waals surface area contributed by atoms with Gasteiger partial charge in [-0.3, -0.25) is 9.78 Å². The minimum atomic E-state index is -1.22. The van der Waals surface area contributed by atoms with Crippen molar-refractivity contribution in [2.24, 2.45) is 0 Å². The van der Waals surface area contributed by atoms with Crippen LogP contribution < -0.4 is 5.73 Å². The molecule has 6 heteroatoms. The van der Waals surface area contributed by atoms with Crippen molar-refractivity contribution in [2.45, 2.75) is 57.5 Å². The van der Waals surface area contributed by atoms with Crippen molar-refractivity contribution in [3.05, 3.63) is 24.0 Å². The normalized spacial score (nSPS) is 32.7. The molecule has 1 aliphatic heterocycles. The van der Waals surface area contributed by atoms with Crippen LogP contribution in [0.1, 0.15) is 45.3 Å². The van der Waals surface area contributed by atoms with Crippen LogP contribution in [0.5, 0.6) is 0 Å². The van der Waals surface area contributed by atoms with E-state index in [1.54, 1.807) is 25.4 Å². The highest BCUT2D eigenvalue weighted by Crippen LogP contribution is 2.41. The fraction of sp³-hybridized carbons (Fsp3) is 0.600. The quantitative estimate of drug-likeness (QED) is 0.822. The van der Waals surface area contributed by atoms with E-state index in [0.717, 1.165) is 5.56 Å². The van der Waals surface area contributed by atoms with E-state index in [0.29, 0.717) is 18.5 Å². The maximum Gasteiger partial charge on any atom is 0.303 e. The van der Waals surface area contributed by atoms with Gasteiger partial charge in [-0.1, -0.05) is 6.92 Å². The van der Waals surface area contributed by atoms with Crippen molar-refractivity contribution in [1.82, 2.24) is 4.98 Å². The van der Waals surface area contributed by atoms with Crippen LogP contribution in [0.15, 0.2) is 18.5 Å². The topological polar surface area (TPSA) is 94.7 Å². The monoisotopic (exact) mass is 294 g/mol. The predicted octanol–water partition coefficient (Wildman–Crippen LogP) is 1.59. The van der Waals surface area contributed by atoms with Crippen LogP contribution in [0, 0.1) is 0 Å². The molecule has 1 fully saturated rings. The zero-order valence-corrected chi connectivity index (χ0v) is 12.6. The van der Waals surface area contributed by atoms with Crippen LogP contribution in [0.3, 0.4) is 0 Å². The Bertz CT molecular complexity index is 518. The fourth-order valence-corrected chi connectivity index (χ4v) is 2.82. The fourth-order valence-electron chi connectivity index (χ4n) is 2.82. The van der Waals surface area contributed by atoms with Gasteiger partial charge in [0.2, 0.25) is 0 Å². The van der Waals surface area contributed by atoms with E-state index in [1.165, 1.54) is 6.92 Å². The Morgan fingerprint density at radius 3 is 2.95 bits per heavy atom. The highest BCUT2D eigenvalue weighted by molar-refractivity contribution is 5.66. The maximum absolute atomic E-state index is 11.3. The zero-order valence-electron chi connectivity index (χ0n) is 12.6. The molecule has 4 atom stereocenters. The van der Waals surface area contributed by atoms with Gasteiger partial charge in [-0.15, -0.1) is 0 Å². The van der Waals surface area contributed by atoms with Crippen LogP contribution in [0.25, 0.3) is 0 Å². The summed E-state index contributed by atoms with van der Waals surface area (Å²) in [5.41, 5.74) is 6.05. The van der Waals surface area contributed by atoms with Gasteiger partial charge in [0.15, 0.2) is 0 Å². The standard InChI is InChI=1S/C15H22N2O4/c1-4-13-15(3,19)14(20-9(2)18)7-12(21-13)10-5-6-17-8-11(10)16/h5-6,8,12-14,19H,4,7,16H2,1-3H3/t12-,13-,14-,15+/m1/s1. The van der Waals surface area contributed by atoms with Crippen LogP contribution in [-0.2, 0) is 14.3 Å². The smallest absolute Gasteiger partial charge is 0.303 e. The van der Waals surface area contributed by atoms with Crippen molar-refractivity contribution in [3.63, 3.8) is 0 Å². The Balaban J connectivity index is 2.30. The first-order chi connectivity index (χ1) is 9.86. The number of aliphatic hydroxyl groups is 1. The molecule has 0 saturated carbocycles. The third-order valence-corrected chi connectivity index (χ3v) is 3.97. The van der Waals surface area contributed by atoms with E-state index in [-0.39, 0.29) is 6.10 Å². The molecule has 1 saturated heterocycles. The molecule has 3 N–H and O–H groups in total. The van der Waals surface area contributed by atoms with E-state index < -0.39 is 23.8 Å². The van der Waals surface area contributed by atoms with Crippen molar-refractivity contribution < 1.29 is 19.4 Å². The largest absolute Gasteiger partial charge is 0.459 e. The second-order valence-corrected chi connectivity index (χ2v) is 5.59. The number of pyridine rings is 1. The van der Waals surface area contributed by atoms with Gasteiger partial charge in [0.1, 0.15) is 11.7 Å². The Kier molecular flexibility index (Phi) is 4.49. The van der Waals surface area contributed by atoms with Crippen LogP contribution in [-0.4, -0.2) is 33.9 Å². The molecule has 1 aromatic rings. The molecule has 0 amide bonds. The van der Waals surface area contributed by atoms with Gasteiger partial charge in [0.25, 0.3) is 0 Å². The lowest BCUT2D eigenvalue weighted by Crippen LogP contribution is -2.56. The zero-order chi connectivity index (χ0) is 15.6. The Morgan fingerprint density at radius 2 is 2.38 bits per heavy atom. The Labute approximate surface area is 124 Å². The minimum absolute atomic E-state index is 0.331. The lowest BCUT2D eigenvalue weighted by atomic mass is 9.82. The number of nitrogen functional groups attached to an aromatic ring is 1. The number of nitrogens with two attached hydrogens (primary N) is 1. The molecule has 0 radical (unpaired) electrons. The van der Waals surface area contributed by atoms with Gasteiger partial charge >= 0.3 is 5.97 Å². The molecule has 0 bridgehead atoms. The number of carbonyl (C=O) groups excluding carboxylic acids is 1. The average Bonchev–Trinajstić information content (AvgIpc) is 2.41.